The number of anilines is 1. The van der Waals surface area contributed by atoms with Gasteiger partial charge in [-0.25, -0.2) is 4.79 Å². The highest BCUT2D eigenvalue weighted by molar-refractivity contribution is 5.89. The maximum absolute atomic E-state index is 11.9. The van der Waals surface area contributed by atoms with E-state index >= 15 is 0 Å². The third-order valence-electron chi connectivity index (χ3n) is 4.00. The average Bonchev–Trinajstić information content (AvgIpc) is 2.64. The zero-order chi connectivity index (χ0) is 20.7. The van der Waals surface area contributed by atoms with Crippen LogP contribution >= 0.6 is 0 Å². The zero-order valence-electron chi connectivity index (χ0n) is 16.1. The van der Waals surface area contributed by atoms with Crippen molar-refractivity contribution in [2.75, 3.05) is 18.5 Å². The van der Waals surface area contributed by atoms with E-state index in [1.807, 2.05) is 24.3 Å². The van der Waals surface area contributed by atoms with Crippen LogP contribution in [0, 0.1) is 10.1 Å². The summed E-state index contributed by atoms with van der Waals surface area (Å²) in [5.41, 5.74) is 1.82. The second kappa shape index (κ2) is 9.18. The minimum absolute atomic E-state index is 0.00110. The molecule has 0 bridgehead atoms. The normalized spacial score (nSPS) is 12.1. The maximum atomic E-state index is 11.9. The van der Waals surface area contributed by atoms with Crippen LogP contribution in [-0.2, 0) is 5.41 Å². The Hall–Kier alpha value is -3.13. The van der Waals surface area contributed by atoms with Crippen molar-refractivity contribution in [3.63, 3.8) is 0 Å². The Labute approximate surface area is 163 Å². The standard InChI is InChI=1S/C20H25N3O5/c1-20(2,3)14-4-6-15(7-5-14)22-19(25)21-12-17(24)13-28-18-10-8-16(9-11-18)23(26)27/h4-11,17,24H,12-13H2,1-3H3,(H2,21,22,25). The van der Waals surface area contributed by atoms with Crippen LogP contribution in [0.25, 0.3) is 0 Å². The number of urea groups is 1. The number of hydrogen-bond acceptors (Lipinski definition) is 5. The number of benzene rings is 2. The van der Waals surface area contributed by atoms with Gasteiger partial charge in [0.05, 0.1) is 4.92 Å². The first kappa shape index (κ1) is 21.2. The number of carbonyl (C=O) groups excluding carboxylic acids is 1. The number of non-ortho nitro benzene ring substituents is 1. The lowest BCUT2D eigenvalue weighted by Crippen LogP contribution is -2.37. The largest absolute Gasteiger partial charge is 0.491 e. The second-order valence-electron chi connectivity index (χ2n) is 7.38. The summed E-state index contributed by atoms with van der Waals surface area (Å²) < 4.78 is 5.35. The van der Waals surface area contributed by atoms with Gasteiger partial charge in [-0.05, 0) is 35.2 Å². The summed E-state index contributed by atoms with van der Waals surface area (Å²) in [4.78, 5) is 22.0. The van der Waals surface area contributed by atoms with E-state index in [-0.39, 0.29) is 24.3 Å². The molecular formula is C20H25N3O5. The minimum Gasteiger partial charge on any atom is -0.491 e. The van der Waals surface area contributed by atoms with E-state index in [4.69, 9.17) is 4.74 Å². The van der Waals surface area contributed by atoms with E-state index in [2.05, 4.69) is 31.4 Å². The lowest BCUT2D eigenvalue weighted by atomic mass is 9.87. The number of aliphatic hydroxyl groups is 1. The third-order valence-corrected chi connectivity index (χ3v) is 4.00. The molecule has 1 atom stereocenters. The van der Waals surface area contributed by atoms with Crippen LogP contribution in [-0.4, -0.2) is 35.3 Å². The van der Waals surface area contributed by atoms with E-state index in [0.717, 1.165) is 5.56 Å². The fourth-order valence-corrected chi connectivity index (χ4v) is 2.35. The van der Waals surface area contributed by atoms with Crippen LogP contribution in [0.15, 0.2) is 48.5 Å². The Bertz CT molecular complexity index is 798. The summed E-state index contributed by atoms with van der Waals surface area (Å²) >= 11 is 0. The van der Waals surface area contributed by atoms with Gasteiger partial charge in [0.2, 0.25) is 0 Å². The molecule has 8 nitrogen and oxygen atoms in total. The summed E-state index contributed by atoms with van der Waals surface area (Å²) in [7, 11) is 0. The minimum atomic E-state index is -0.927. The van der Waals surface area contributed by atoms with Gasteiger partial charge < -0.3 is 20.5 Å². The van der Waals surface area contributed by atoms with Gasteiger partial charge in [0.25, 0.3) is 5.69 Å². The fraction of sp³-hybridized carbons (Fsp3) is 0.350. The molecule has 2 rings (SSSR count). The highest BCUT2D eigenvalue weighted by Crippen LogP contribution is 2.23. The number of nitro groups is 1. The van der Waals surface area contributed by atoms with E-state index in [1.54, 1.807) is 0 Å². The van der Waals surface area contributed by atoms with E-state index in [9.17, 15) is 20.0 Å². The number of ether oxygens (including phenoxy) is 1. The number of rotatable bonds is 7. The summed E-state index contributed by atoms with van der Waals surface area (Å²) in [5, 5.41) is 25.8. The van der Waals surface area contributed by atoms with Gasteiger partial charge in [-0.15, -0.1) is 0 Å². The number of nitrogens with zero attached hydrogens (tertiary/aromatic N) is 1. The molecule has 2 amide bonds. The second-order valence-corrected chi connectivity index (χ2v) is 7.38. The van der Waals surface area contributed by atoms with Gasteiger partial charge in [0.1, 0.15) is 18.5 Å². The predicted octanol–water partition coefficient (Wildman–Crippen LogP) is 3.45. The molecule has 0 radical (unpaired) electrons. The molecule has 3 N–H and O–H groups in total. The van der Waals surface area contributed by atoms with Crippen LogP contribution in [0.3, 0.4) is 0 Å². The average molecular weight is 387 g/mol. The fourth-order valence-electron chi connectivity index (χ4n) is 2.35. The molecule has 0 aliphatic heterocycles. The molecule has 0 aliphatic rings. The van der Waals surface area contributed by atoms with Crippen LogP contribution < -0.4 is 15.4 Å². The first-order chi connectivity index (χ1) is 13.1. The van der Waals surface area contributed by atoms with Gasteiger partial charge >= 0.3 is 6.03 Å². The van der Waals surface area contributed by atoms with Crippen molar-refractivity contribution in [3.8, 4) is 5.75 Å². The Kier molecular flexibility index (Phi) is 6.94. The third kappa shape index (κ3) is 6.55. The Morgan fingerprint density at radius 3 is 2.29 bits per heavy atom. The summed E-state index contributed by atoms with van der Waals surface area (Å²) in [5.74, 6) is 0.396. The predicted molar refractivity (Wildman–Crippen MR) is 107 cm³/mol. The molecule has 1 unspecified atom stereocenters. The molecule has 0 saturated heterocycles. The Morgan fingerprint density at radius 2 is 1.75 bits per heavy atom. The summed E-state index contributed by atoms with van der Waals surface area (Å²) in [6.45, 7) is 6.28. The molecular weight excluding hydrogens is 362 g/mol. The lowest BCUT2D eigenvalue weighted by molar-refractivity contribution is -0.384. The van der Waals surface area contributed by atoms with Crippen molar-refractivity contribution in [1.29, 1.82) is 0 Å². The van der Waals surface area contributed by atoms with Gasteiger partial charge in [0, 0.05) is 24.4 Å². The van der Waals surface area contributed by atoms with E-state index < -0.39 is 17.1 Å². The molecule has 8 heteroatoms. The van der Waals surface area contributed by atoms with Gasteiger partial charge in [-0.1, -0.05) is 32.9 Å². The molecule has 2 aromatic rings. The van der Waals surface area contributed by atoms with Crippen molar-refractivity contribution >= 4 is 17.4 Å². The number of aliphatic hydroxyl groups excluding tert-OH is 1. The van der Waals surface area contributed by atoms with Crippen molar-refractivity contribution < 1.29 is 19.6 Å². The van der Waals surface area contributed by atoms with Crippen molar-refractivity contribution in [3.05, 3.63) is 64.2 Å². The summed E-state index contributed by atoms with van der Waals surface area (Å²) in [6.07, 6.45) is -0.927. The molecule has 0 aromatic heterocycles. The number of hydrogen-bond donors (Lipinski definition) is 3. The Morgan fingerprint density at radius 1 is 1.14 bits per heavy atom. The van der Waals surface area contributed by atoms with Crippen LogP contribution in [0.4, 0.5) is 16.2 Å². The number of nitrogens with one attached hydrogen (secondary N) is 2. The van der Waals surface area contributed by atoms with Gasteiger partial charge in [0.15, 0.2) is 0 Å². The molecule has 0 saturated carbocycles. The lowest BCUT2D eigenvalue weighted by Gasteiger charge is -2.19. The molecule has 2 aromatic carbocycles. The van der Waals surface area contributed by atoms with Gasteiger partial charge in [-0.3, -0.25) is 10.1 Å². The first-order valence-corrected chi connectivity index (χ1v) is 8.86. The SMILES string of the molecule is CC(C)(C)c1ccc(NC(=O)NCC(O)COc2ccc([N+](=O)[O-])cc2)cc1. The van der Waals surface area contributed by atoms with Crippen LogP contribution in [0.1, 0.15) is 26.3 Å². The van der Waals surface area contributed by atoms with Gasteiger partial charge in [-0.2, -0.15) is 0 Å². The monoisotopic (exact) mass is 387 g/mol. The van der Waals surface area contributed by atoms with Crippen molar-refractivity contribution in [2.24, 2.45) is 0 Å². The van der Waals surface area contributed by atoms with Crippen LogP contribution in [0.5, 0.6) is 5.75 Å². The van der Waals surface area contributed by atoms with E-state index in [0.29, 0.717) is 11.4 Å². The molecule has 28 heavy (non-hydrogen) atoms. The molecule has 0 aliphatic carbocycles. The topological polar surface area (TPSA) is 114 Å². The zero-order valence-corrected chi connectivity index (χ0v) is 16.1. The number of amides is 2. The highest BCUT2D eigenvalue weighted by atomic mass is 16.6. The highest BCUT2D eigenvalue weighted by Gasteiger charge is 2.13. The summed E-state index contributed by atoms with van der Waals surface area (Å²) in [6, 6.07) is 12.7. The smallest absolute Gasteiger partial charge is 0.319 e. The quantitative estimate of drug-likeness (QED) is 0.497. The maximum Gasteiger partial charge on any atom is 0.319 e. The Balaban J connectivity index is 1.73. The molecule has 0 spiro atoms. The molecule has 150 valence electrons. The van der Waals surface area contributed by atoms with Crippen molar-refractivity contribution in [2.45, 2.75) is 32.3 Å². The van der Waals surface area contributed by atoms with E-state index in [1.165, 1.54) is 24.3 Å². The van der Waals surface area contributed by atoms with Crippen molar-refractivity contribution in [1.82, 2.24) is 5.32 Å². The number of carbonyl (C=O) groups is 1. The molecule has 0 heterocycles. The number of nitro benzene ring substituents is 1. The van der Waals surface area contributed by atoms with Crippen LogP contribution in [0.2, 0.25) is 0 Å². The first-order valence-electron chi connectivity index (χ1n) is 8.86. The molecule has 0 fully saturated rings.